The third-order valence-corrected chi connectivity index (χ3v) is 3.91. The maximum atomic E-state index is 12.2. The summed E-state index contributed by atoms with van der Waals surface area (Å²) in [5.41, 5.74) is 7.71. The molecular weight excluding hydrogens is 302 g/mol. The molecule has 2 amide bonds. The molecule has 1 saturated carbocycles. The number of rotatable bonds is 4. The lowest BCUT2D eigenvalue weighted by atomic mass is 10.1. The van der Waals surface area contributed by atoms with Crippen molar-refractivity contribution in [1.82, 2.24) is 4.90 Å². The normalized spacial score (nSPS) is 20.1. The second-order valence-corrected chi connectivity index (χ2v) is 5.88. The average molecular weight is 326 g/mol. The van der Waals surface area contributed by atoms with Crippen LogP contribution < -0.4 is 11.1 Å². The summed E-state index contributed by atoms with van der Waals surface area (Å²) >= 11 is 0. The fourth-order valence-corrected chi connectivity index (χ4v) is 2.68. The first kappa shape index (κ1) is 18.5. The Morgan fingerprint density at radius 1 is 1.27 bits per heavy atom. The van der Waals surface area contributed by atoms with Crippen LogP contribution in [0.15, 0.2) is 24.3 Å². The van der Waals surface area contributed by atoms with Gasteiger partial charge in [-0.15, -0.1) is 12.4 Å². The molecule has 5 nitrogen and oxygen atoms in total. The van der Waals surface area contributed by atoms with Crippen molar-refractivity contribution in [2.75, 3.05) is 18.9 Å². The topological polar surface area (TPSA) is 75.4 Å². The molecule has 0 spiro atoms. The van der Waals surface area contributed by atoms with Crippen molar-refractivity contribution in [3.8, 4) is 0 Å². The zero-order chi connectivity index (χ0) is 15.4. The highest BCUT2D eigenvalue weighted by Crippen LogP contribution is 2.25. The van der Waals surface area contributed by atoms with E-state index in [9.17, 15) is 9.59 Å². The standard InChI is InChI=1S/C16H23N3O2.ClH/c1-11-3-7-14(8-4-11)18-15(20)10-19(2)16(21)12-5-6-13(17)9-12;/h3-4,7-8,12-13H,5-6,9-10,17H2,1-2H3,(H,18,20);1H. The van der Waals surface area contributed by atoms with Crippen LogP contribution in [0.4, 0.5) is 5.69 Å². The quantitative estimate of drug-likeness (QED) is 0.888. The van der Waals surface area contributed by atoms with E-state index in [1.54, 1.807) is 7.05 Å². The van der Waals surface area contributed by atoms with Crippen LogP contribution in [0.25, 0.3) is 0 Å². The molecule has 0 radical (unpaired) electrons. The largest absolute Gasteiger partial charge is 0.336 e. The van der Waals surface area contributed by atoms with E-state index >= 15 is 0 Å². The smallest absolute Gasteiger partial charge is 0.243 e. The van der Waals surface area contributed by atoms with Gasteiger partial charge in [-0.25, -0.2) is 0 Å². The zero-order valence-electron chi connectivity index (χ0n) is 13.0. The van der Waals surface area contributed by atoms with E-state index in [-0.39, 0.29) is 42.7 Å². The Morgan fingerprint density at radius 3 is 2.45 bits per heavy atom. The third kappa shape index (κ3) is 5.00. The number of aryl methyl sites for hydroxylation is 1. The Morgan fingerprint density at radius 2 is 1.91 bits per heavy atom. The number of hydrogen-bond acceptors (Lipinski definition) is 3. The number of hydrogen-bond donors (Lipinski definition) is 2. The predicted molar refractivity (Wildman–Crippen MR) is 90.0 cm³/mol. The SMILES string of the molecule is Cc1ccc(NC(=O)CN(C)C(=O)C2CCC(N)C2)cc1.Cl. The number of nitrogens with one attached hydrogen (secondary N) is 1. The van der Waals surface area contributed by atoms with Gasteiger partial charge in [0.15, 0.2) is 0 Å². The Labute approximate surface area is 137 Å². The Balaban J connectivity index is 0.00000242. The van der Waals surface area contributed by atoms with Gasteiger partial charge < -0.3 is 16.0 Å². The molecule has 1 aromatic rings. The van der Waals surface area contributed by atoms with E-state index in [2.05, 4.69) is 5.32 Å². The molecule has 22 heavy (non-hydrogen) atoms. The van der Waals surface area contributed by atoms with E-state index in [0.717, 1.165) is 30.5 Å². The van der Waals surface area contributed by atoms with Gasteiger partial charge in [-0.05, 0) is 38.3 Å². The van der Waals surface area contributed by atoms with Crippen molar-refractivity contribution < 1.29 is 9.59 Å². The predicted octanol–water partition coefficient (Wildman–Crippen LogP) is 1.94. The molecule has 122 valence electrons. The number of benzene rings is 1. The van der Waals surface area contributed by atoms with Gasteiger partial charge in [-0.2, -0.15) is 0 Å². The minimum absolute atomic E-state index is 0. The fourth-order valence-electron chi connectivity index (χ4n) is 2.68. The summed E-state index contributed by atoms with van der Waals surface area (Å²) in [6.45, 7) is 2.06. The number of amides is 2. The van der Waals surface area contributed by atoms with E-state index in [4.69, 9.17) is 5.73 Å². The van der Waals surface area contributed by atoms with E-state index in [0.29, 0.717) is 0 Å². The van der Waals surface area contributed by atoms with Crippen LogP contribution in [-0.4, -0.2) is 36.3 Å². The zero-order valence-corrected chi connectivity index (χ0v) is 13.9. The first-order valence-electron chi connectivity index (χ1n) is 7.33. The number of carbonyl (C=O) groups excluding carboxylic acids is 2. The Hall–Kier alpha value is -1.59. The lowest BCUT2D eigenvalue weighted by Crippen LogP contribution is -2.38. The summed E-state index contributed by atoms with van der Waals surface area (Å²) in [4.78, 5) is 25.7. The van der Waals surface area contributed by atoms with E-state index < -0.39 is 0 Å². The molecule has 1 aliphatic rings. The van der Waals surface area contributed by atoms with Gasteiger partial charge in [-0.3, -0.25) is 9.59 Å². The molecule has 3 N–H and O–H groups in total. The van der Waals surface area contributed by atoms with E-state index in [1.807, 2.05) is 31.2 Å². The highest BCUT2D eigenvalue weighted by atomic mass is 35.5. The minimum atomic E-state index is -0.183. The van der Waals surface area contributed by atoms with Crippen molar-refractivity contribution in [2.45, 2.75) is 32.2 Å². The van der Waals surface area contributed by atoms with Crippen molar-refractivity contribution in [2.24, 2.45) is 11.7 Å². The molecule has 1 aliphatic carbocycles. The first-order chi connectivity index (χ1) is 9.95. The van der Waals surface area contributed by atoms with Crippen LogP contribution in [-0.2, 0) is 9.59 Å². The number of nitrogens with zero attached hydrogens (tertiary/aromatic N) is 1. The Bertz CT molecular complexity index is 519. The molecule has 2 atom stereocenters. The second kappa shape index (κ2) is 8.15. The number of nitrogens with two attached hydrogens (primary N) is 1. The molecule has 0 bridgehead atoms. The summed E-state index contributed by atoms with van der Waals surface area (Å²) in [6.07, 6.45) is 2.44. The average Bonchev–Trinajstić information content (AvgIpc) is 2.87. The highest BCUT2D eigenvalue weighted by molar-refractivity contribution is 5.94. The van der Waals surface area contributed by atoms with Gasteiger partial charge in [0.05, 0.1) is 6.54 Å². The molecule has 0 saturated heterocycles. The molecule has 0 aliphatic heterocycles. The highest BCUT2D eigenvalue weighted by Gasteiger charge is 2.30. The van der Waals surface area contributed by atoms with Crippen molar-refractivity contribution >= 4 is 29.9 Å². The van der Waals surface area contributed by atoms with Gasteiger partial charge in [0, 0.05) is 24.7 Å². The van der Waals surface area contributed by atoms with Crippen LogP contribution in [0.1, 0.15) is 24.8 Å². The molecule has 2 rings (SSSR count). The van der Waals surface area contributed by atoms with Gasteiger partial charge in [-0.1, -0.05) is 17.7 Å². The van der Waals surface area contributed by atoms with Gasteiger partial charge in [0.25, 0.3) is 0 Å². The van der Waals surface area contributed by atoms with Gasteiger partial charge >= 0.3 is 0 Å². The van der Waals surface area contributed by atoms with Crippen molar-refractivity contribution in [3.05, 3.63) is 29.8 Å². The summed E-state index contributed by atoms with van der Waals surface area (Å²) < 4.78 is 0. The van der Waals surface area contributed by atoms with Gasteiger partial charge in [0.1, 0.15) is 0 Å². The maximum Gasteiger partial charge on any atom is 0.243 e. The number of halogens is 1. The number of carbonyl (C=O) groups is 2. The Kier molecular flexibility index (Phi) is 6.84. The molecule has 1 fully saturated rings. The number of anilines is 1. The monoisotopic (exact) mass is 325 g/mol. The van der Waals surface area contributed by atoms with Crippen molar-refractivity contribution in [1.29, 1.82) is 0 Å². The molecule has 0 heterocycles. The summed E-state index contributed by atoms with van der Waals surface area (Å²) in [6, 6.07) is 7.69. The van der Waals surface area contributed by atoms with Crippen LogP contribution in [0.2, 0.25) is 0 Å². The molecule has 1 aromatic carbocycles. The van der Waals surface area contributed by atoms with Gasteiger partial charge in [0.2, 0.25) is 11.8 Å². The van der Waals surface area contributed by atoms with Crippen LogP contribution in [0.3, 0.4) is 0 Å². The van der Waals surface area contributed by atoms with Crippen LogP contribution in [0, 0.1) is 12.8 Å². The first-order valence-corrected chi connectivity index (χ1v) is 7.33. The number of likely N-dealkylation sites (N-methyl/N-ethyl adjacent to an activating group) is 1. The van der Waals surface area contributed by atoms with E-state index in [1.165, 1.54) is 4.90 Å². The molecule has 2 unspecified atom stereocenters. The van der Waals surface area contributed by atoms with Crippen LogP contribution >= 0.6 is 12.4 Å². The maximum absolute atomic E-state index is 12.2. The second-order valence-electron chi connectivity index (χ2n) is 5.88. The summed E-state index contributed by atoms with van der Waals surface area (Å²) in [7, 11) is 1.67. The third-order valence-electron chi connectivity index (χ3n) is 3.91. The molecule has 0 aromatic heterocycles. The lowest BCUT2D eigenvalue weighted by molar-refractivity contribution is -0.136. The molecule has 6 heteroatoms. The lowest BCUT2D eigenvalue weighted by Gasteiger charge is -2.20. The summed E-state index contributed by atoms with van der Waals surface area (Å²) in [5, 5.41) is 2.80. The summed E-state index contributed by atoms with van der Waals surface area (Å²) in [5.74, 6) is -0.198. The van der Waals surface area contributed by atoms with Crippen molar-refractivity contribution in [3.63, 3.8) is 0 Å². The molecular formula is C16H24ClN3O2. The fraction of sp³-hybridized carbons (Fsp3) is 0.500. The van der Waals surface area contributed by atoms with Crippen LogP contribution in [0.5, 0.6) is 0 Å². The minimum Gasteiger partial charge on any atom is -0.336 e.